The van der Waals surface area contributed by atoms with Gasteiger partial charge in [-0.25, -0.2) is 4.98 Å². The Labute approximate surface area is 137 Å². The molecule has 0 aliphatic carbocycles. The van der Waals surface area contributed by atoms with E-state index in [9.17, 15) is 0 Å². The molecule has 0 bridgehead atoms. The number of pyridine rings is 1. The van der Waals surface area contributed by atoms with Crippen molar-refractivity contribution in [1.82, 2.24) is 9.88 Å². The SMILES string of the molecule is CN1CCN(c2ccc(OCCCCCCN=[N+]=[N-])cn2)CC1. The van der Waals surface area contributed by atoms with Crippen molar-refractivity contribution in [2.45, 2.75) is 25.7 Å². The molecule has 1 fully saturated rings. The van der Waals surface area contributed by atoms with Gasteiger partial charge in [-0.2, -0.15) is 0 Å². The third-order valence-corrected chi connectivity index (χ3v) is 4.03. The van der Waals surface area contributed by atoms with Crippen LogP contribution in [0.15, 0.2) is 23.4 Å². The molecule has 7 heteroatoms. The Hall–Kier alpha value is -1.98. The van der Waals surface area contributed by atoms with Crippen LogP contribution in [-0.4, -0.2) is 56.3 Å². The molecular formula is C16H26N6O. The number of rotatable bonds is 9. The quantitative estimate of drug-likeness (QED) is 0.303. The van der Waals surface area contributed by atoms with Crippen molar-refractivity contribution >= 4 is 5.82 Å². The van der Waals surface area contributed by atoms with Crippen LogP contribution >= 0.6 is 0 Å². The Balaban J connectivity index is 1.62. The van der Waals surface area contributed by atoms with Crippen molar-refractivity contribution in [3.63, 3.8) is 0 Å². The molecule has 0 radical (unpaired) electrons. The molecule has 0 amide bonds. The highest BCUT2D eigenvalue weighted by atomic mass is 16.5. The van der Waals surface area contributed by atoms with Crippen molar-refractivity contribution in [2.24, 2.45) is 5.11 Å². The van der Waals surface area contributed by atoms with E-state index < -0.39 is 0 Å². The third-order valence-electron chi connectivity index (χ3n) is 4.03. The number of likely N-dealkylation sites (N-methyl/N-ethyl adjacent to an activating group) is 1. The smallest absolute Gasteiger partial charge is 0.137 e. The Morgan fingerprint density at radius 2 is 1.96 bits per heavy atom. The summed E-state index contributed by atoms with van der Waals surface area (Å²) in [4.78, 5) is 11.9. The van der Waals surface area contributed by atoms with Crippen LogP contribution in [0.4, 0.5) is 5.82 Å². The van der Waals surface area contributed by atoms with Gasteiger partial charge < -0.3 is 14.5 Å². The molecule has 0 unspecified atom stereocenters. The number of unbranched alkanes of at least 4 members (excludes halogenated alkanes) is 3. The monoisotopic (exact) mass is 318 g/mol. The van der Waals surface area contributed by atoms with Crippen molar-refractivity contribution < 1.29 is 4.74 Å². The number of hydrogen-bond acceptors (Lipinski definition) is 5. The molecule has 0 atom stereocenters. The van der Waals surface area contributed by atoms with E-state index in [0.717, 1.165) is 63.4 Å². The van der Waals surface area contributed by atoms with Gasteiger partial charge in [0.15, 0.2) is 0 Å². The number of piperazine rings is 1. The number of nitrogens with zero attached hydrogens (tertiary/aromatic N) is 6. The van der Waals surface area contributed by atoms with Gasteiger partial charge in [0.25, 0.3) is 0 Å². The molecular weight excluding hydrogens is 292 g/mol. The molecule has 1 aromatic rings. The first-order valence-corrected chi connectivity index (χ1v) is 8.33. The summed E-state index contributed by atoms with van der Waals surface area (Å²) in [6.45, 7) is 5.52. The summed E-state index contributed by atoms with van der Waals surface area (Å²) in [5.41, 5.74) is 8.17. The molecule has 126 valence electrons. The van der Waals surface area contributed by atoms with Crippen molar-refractivity contribution in [3.8, 4) is 5.75 Å². The summed E-state index contributed by atoms with van der Waals surface area (Å²) in [5.74, 6) is 1.86. The van der Waals surface area contributed by atoms with Crippen LogP contribution in [0.25, 0.3) is 10.4 Å². The van der Waals surface area contributed by atoms with Crippen LogP contribution < -0.4 is 9.64 Å². The summed E-state index contributed by atoms with van der Waals surface area (Å²) >= 11 is 0. The number of aromatic nitrogens is 1. The Morgan fingerprint density at radius 1 is 1.17 bits per heavy atom. The maximum Gasteiger partial charge on any atom is 0.137 e. The first-order valence-electron chi connectivity index (χ1n) is 8.33. The molecule has 1 aromatic heterocycles. The summed E-state index contributed by atoms with van der Waals surface area (Å²) in [7, 11) is 2.15. The molecule has 23 heavy (non-hydrogen) atoms. The Kier molecular flexibility index (Phi) is 7.49. The molecule has 0 N–H and O–H groups in total. The lowest BCUT2D eigenvalue weighted by Gasteiger charge is -2.33. The first kappa shape index (κ1) is 17.4. The van der Waals surface area contributed by atoms with E-state index in [2.05, 4.69) is 31.9 Å². The fourth-order valence-electron chi connectivity index (χ4n) is 2.55. The maximum absolute atomic E-state index is 8.17. The normalized spacial score (nSPS) is 15.3. The first-order chi connectivity index (χ1) is 11.3. The zero-order valence-electron chi connectivity index (χ0n) is 13.9. The third kappa shape index (κ3) is 6.34. The minimum Gasteiger partial charge on any atom is -0.492 e. The van der Waals surface area contributed by atoms with E-state index in [0.29, 0.717) is 13.2 Å². The molecule has 1 aliphatic heterocycles. The van der Waals surface area contributed by atoms with Crippen molar-refractivity contribution in [3.05, 3.63) is 28.8 Å². The van der Waals surface area contributed by atoms with Crippen LogP contribution in [0, 0.1) is 0 Å². The lowest BCUT2D eigenvalue weighted by molar-refractivity contribution is 0.302. The summed E-state index contributed by atoms with van der Waals surface area (Å²) < 4.78 is 5.72. The highest BCUT2D eigenvalue weighted by Gasteiger charge is 2.14. The van der Waals surface area contributed by atoms with Gasteiger partial charge in [0.1, 0.15) is 11.6 Å². The predicted octanol–water partition coefficient (Wildman–Crippen LogP) is 3.08. The summed E-state index contributed by atoms with van der Waals surface area (Å²) in [5, 5.41) is 3.52. The Morgan fingerprint density at radius 3 is 2.65 bits per heavy atom. The molecule has 1 saturated heterocycles. The number of azide groups is 1. The fourth-order valence-corrected chi connectivity index (χ4v) is 2.55. The predicted molar refractivity (Wildman–Crippen MR) is 91.9 cm³/mol. The fraction of sp³-hybridized carbons (Fsp3) is 0.688. The van der Waals surface area contributed by atoms with E-state index in [4.69, 9.17) is 10.3 Å². The van der Waals surface area contributed by atoms with Gasteiger partial charge in [0.05, 0.1) is 12.8 Å². The topological polar surface area (TPSA) is 77.4 Å². The molecule has 1 aliphatic rings. The van der Waals surface area contributed by atoms with E-state index >= 15 is 0 Å². The molecule has 2 heterocycles. The van der Waals surface area contributed by atoms with Gasteiger partial charge in [-0.05, 0) is 37.6 Å². The van der Waals surface area contributed by atoms with Gasteiger partial charge in [0, 0.05) is 37.6 Å². The van der Waals surface area contributed by atoms with Crippen LogP contribution in [-0.2, 0) is 0 Å². The largest absolute Gasteiger partial charge is 0.492 e. The molecule has 0 spiro atoms. The molecule has 0 saturated carbocycles. The second kappa shape index (κ2) is 9.92. The van der Waals surface area contributed by atoms with E-state index in [-0.39, 0.29) is 0 Å². The van der Waals surface area contributed by atoms with E-state index in [1.54, 1.807) is 0 Å². The lowest BCUT2D eigenvalue weighted by Crippen LogP contribution is -2.44. The minimum atomic E-state index is 0.592. The number of ether oxygens (including phenoxy) is 1. The summed E-state index contributed by atoms with van der Waals surface area (Å²) in [6.07, 6.45) is 5.94. The number of hydrogen-bond donors (Lipinski definition) is 0. The zero-order valence-corrected chi connectivity index (χ0v) is 13.9. The standard InChI is InChI=1S/C16H26N6O/c1-21-9-11-22(12-10-21)16-7-6-15(14-18-16)23-13-5-3-2-4-8-19-20-17/h6-7,14H,2-5,8-13H2,1H3. The number of anilines is 1. The minimum absolute atomic E-state index is 0.592. The second-order valence-corrected chi connectivity index (χ2v) is 5.86. The lowest BCUT2D eigenvalue weighted by atomic mass is 10.2. The zero-order chi connectivity index (χ0) is 16.3. The highest BCUT2D eigenvalue weighted by Crippen LogP contribution is 2.17. The average Bonchev–Trinajstić information content (AvgIpc) is 2.59. The van der Waals surface area contributed by atoms with Crippen molar-refractivity contribution in [2.75, 3.05) is 51.3 Å². The van der Waals surface area contributed by atoms with Gasteiger partial charge in [-0.15, -0.1) is 0 Å². The van der Waals surface area contributed by atoms with Crippen LogP contribution in [0.3, 0.4) is 0 Å². The Bertz CT molecular complexity index is 492. The van der Waals surface area contributed by atoms with Crippen LogP contribution in [0.1, 0.15) is 25.7 Å². The van der Waals surface area contributed by atoms with Crippen molar-refractivity contribution in [1.29, 1.82) is 0 Å². The molecule has 0 aromatic carbocycles. The van der Waals surface area contributed by atoms with E-state index in [1.165, 1.54) is 0 Å². The van der Waals surface area contributed by atoms with Crippen LogP contribution in [0.2, 0.25) is 0 Å². The second-order valence-electron chi connectivity index (χ2n) is 5.86. The molecule has 2 rings (SSSR count). The van der Waals surface area contributed by atoms with Gasteiger partial charge in [0.2, 0.25) is 0 Å². The summed E-state index contributed by atoms with van der Waals surface area (Å²) in [6, 6.07) is 4.04. The van der Waals surface area contributed by atoms with Crippen LogP contribution in [0.5, 0.6) is 5.75 Å². The highest BCUT2D eigenvalue weighted by molar-refractivity contribution is 5.41. The van der Waals surface area contributed by atoms with E-state index in [1.807, 2.05) is 18.3 Å². The van der Waals surface area contributed by atoms with Gasteiger partial charge >= 0.3 is 0 Å². The van der Waals surface area contributed by atoms with Gasteiger partial charge in [-0.3, -0.25) is 0 Å². The average molecular weight is 318 g/mol. The maximum atomic E-state index is 8.17. The molecule has 7 nitrogen and oxygen atoms in total. The van der Waals surface area contributed by atoms with Gasteiger partial charge in [-0.1, -0.05) is 18.0 Å².